The molecule has 12 nitrogen and oxygen atoms in total. The number of morpholine rings is 1. The zero-order valence-corrected chi connectivity index (χ0v) is 24.6. The van der Waals surface area contributed by atoms with Gasteiger partial charge in [-0.15, -0.1) is 0 Å². The maximum Gasteiger partial charge on any atom is 0.290 e. The van der Waals surface area contributed by atoms with E-state index < -0.39 is 53.5 Å². The number of ketones is 1. The van der Waals surface area contributed by atoms with Crippen molar-refractivity contribution < 1.29 is 33.5 Å². The Hall–Kier alpha value is -4.58. The number of nitrogens with one attached hydrogen (secondary N) is 4. The molecule has 0 saturated carbocycles. The van der Waals surface area contributed by atoms with E-state index in [1.165, 1.54) is 11.8 Å². The first kappa shape index (κ1) is 32.9. The summed E-state index contributed by atoms with van der Waals surface area (Å²) in [6.07, 6.45) is 0.177. The van der Waals surface area contributed by atoms with Crippen LogP contribution in [-0.4, -0.2) is 91.2 Å². The van der Waals surface area contributed by atoms with Crippen LogP contribution in [0.1, 0.15) is 36.7 Å². The molecule has 0 aromatic heterocycles. The first-order valence-electron chi connectivity index (χ1n) is 14.2. The maximum absolute atomic E-state index is 13.3. The van der Waals surface area contributed by atoms with Gasteiger partial charge in [0.1, 0.15) is 12.1 Å². The number of amides is 5. The number of Topliss-reactive ketones (excluding diaryl/α,β-unsaturated/α-hetero) is 1. The van der Waals surface area contributed by atoms with Gasteiger partial charge >= 0.3 is 0 Å². The topological polar surface area (TPSA) is 163 Å². The quantitative estimate of drug-likeness (QED) is 0.241. The highest BCUT2D eigenvalue weighted by Gasteiger charge is 2.32. The van der Waals surface area contributed by atoms with E-state index in [0.717, 1.165) is 5.56 Å². The van der Waals surface area contributed by atoms with Gasteiger partial charge in [0.05, 0.1) is 25.8 Å². The highest BCUT2D eigenvalue weighted by atomic mass is 16.5. The summed E-state index contributed by atoms with van der Waals surface area (Å²) in [4.78, 5) is 78.5. The van der Waals surface area contributed by atoms with Gasteiger partial charge in [-0.25, -0.2) is 0 Å². The average Bonchev–Trinajstić information content (AvgIpc) is 3.02. The van der Waals surface area contributed by atoms with Crippen molar-refractivity contribution in [3.63, 3.8) is 0 Å². The standard InChI is InChI=1S/C31H39N5O7/c1-20(2)26(27(38)31(42)32-19-25(37)36-14-16-43-17-15-36)35-28(39)21(3)33-30(41)24(18-22-10-6-4-7-11-22)34-29(40)23-12-8-5-9-13-23/h4-13,20-21,24,26H,14-19H2,1-3H3,(H,32,42)(H,33,41)(H,34,40)(H,35,39)/t21-,24-,26-/m0/s1. The SMILES string of the molecule is CC(C)[C@H](NC(=O)[C@H](C)NC(=O)[C@H](Cc1ccccc1)NC(=O)c1ccccc1)C(=O)C(=O)NCC(=O)N1CCOCC1. The Morgan fingerprint density at radius 2 is 1.40 bits per heavy atom. The number of nitrogens with zero attached hydrogens (tertiary/aromatic N) is 1. The summed E-state index contributed by atoms with van der Waals surface area (Å²) < 4.78 is 5.21. The Bertz CT molecular complexity index is 1280. The van der Waals surface area contributed by atoms with Gasteiger partial charge in [-0.1, -0.05) is 62.4 Å². The molecule has 43 heavy (non-hydrogen) atoms. The van der Waals surface area contributed by atoms with Crippen LogP contribution < -0.4 is 21.3 Å². The number of hydrogen-bond donors (Lipinski definition) is 4. The minimum absolute atomic E-state index is 0.177. The molecule has 12 heteroatoms. The van der Waals surface area contributed by atoms with Gasteiger partial charge in [-0.3, -0.25) is 28.8 Å². The lowest BCUT2D eigenvalue weighted by atomic mass is 9.98. The largest absolute Gasteiger partial charge is 0.378 e. The fourth-order valence-electron chi connectivity index (χ4n) is 4.39. The van der Waals surface area contributed by atoms with Crippen molar-refractivity contribution >= 4 is 35.3 Å². The lowest BCUT2D eigenvalue weighted by Crippen LogP contribution is -2.57. The molecule has 0 unspecified atom stereocenters. The molecule has 1 heterocycles. The molecule has 0 radical (unpaired) electrons. The highest BCUT2D eigenvalue weighted by molar-refractivity contribution is 6.38. The Kier molecular flexibility index (Phi) is 12.4. The van der Waals surface area contributed by atoms with Crippen molar-refractivity contribution in [1.29, 1.82) is 0 Å². The average molecular weight is 594 g/mol. The molecule has 230 valence electrons. The molecule has 1 aliphatic heterocycles. The smallest absolute Gasteiger partial charge is 0.290 e. The van der Waals surface area contributed by atoms with Crippen LogP contribution in [0.4, 0.5) is 0 Å². The lowest BCUT2D eigenvalue weighted by molar-refractivity contribution is -0.142. The number of hydrogen-bond acceptors (Lipinski definition) is 7. The Morgan fingerprint density at radius 1 is 0.791 bits per heavy atom. The normalized spacial score (nSPS) is 15.0. The first-order chi connectivity index (χ1) is 20.6. The third-order valence-corrected chi connectivity index (χ3v) is 6.93. The van der Waals surface area contributed by atoms with Crippen LogP contribution >= 0.6 is 0 Å². The van der Waals surface area contributed by atoms with Crippen molar-refractivity contribution in [2.45, 2.75) is 45.3 Å². The van der Waals surface area contributed by atoms with E-state index in [4.69, 9.17) is 4.74 Å². The van der Waals surface area contributed by atoms with E-state index in [0.29, 0.717) is 31.9 Å². The van der Waals surface area contributed by atoms with Gasteiger partial charge in [0.2, 0.25) is 23.5 Å². The van der Waals surface area contributed by atoms with Gasteiger partial charge in [-0.05, 0) is 30.5 Å². The Balaban J connectivity index is 1.60. The first-order valence-corrected chi connectivity index (χ1v) is 14.2. The van der Waals surface area contributed by atoms with E-state index in [1.807, 2.05) is 30.3 Å². The van der Waals surface area contributed by atoms with Crippen LogP contribution in [-0.2, 0) is 35.1 Å². The summed E-state index contributed by atoms with van der Waals surface area (Å²) in [7, 11) is 0. The molecule has 1 aliphatic rings. The van der Waals surface area contributed by atoms with Crippen molar-refractivity contribution in [3.8, 4) is 0 Å². The minimum Gasteiger partial charge on any atom is -0.378 e. The molecule has 1 fully saturated rings. The Morgan fingerprint density at radius 3 is 2.00 bits per heavy atom. The van der Waals surface area contributed by atoms with Crippen LogP contribution in [0.25, 0.3) is 0 Å². The van der Waals surface area contributed by atoms with Gasteiger partial charge in [0.15, 0.2) is 0 Å². The second-order valence-electron chi connectivity index (χ2n) is 10.6. The van der Waals surface area contributed by atoms with Crippen LogP contribution in [0.2, 0.25) is 0 Å². The predicted octanol–water partition coefficient (Wildman–Crippen LogP) is 0.217. The lowest BCUT2D eigenvalue weighted by Gasteiger charge is -2.27. The molecule has 3 atom stereocenters. The zero-order chi connectivity index (χ0) is 31.4. The van der Waals surface area contributed by atoms with E-state index in [-0.39, 0.29) is 18.9 Å². The third kappa shape index (κ3) is 10.0. The van der Waals surface area contributed by atoms with Crippen molar-refractivity contribution in [1.82, 2.24) is 26.2 Å². The van der Waals surface area contributed by atoms with Crippen LogP contribution in [0.3, 0.4) is 0 Å². The summed E-state index contributed by atoms with van der Waals surface area (Å²) in [5, 5.41) is 10.2. The molecule has 2 aromatic rings. The fraction of sp³-hybridized carbons (Fsp3) is 0.419. The number of rotatable bonds is 13. The van der Waals surface area contributed by atoms with E-state index in [1.54, 1.807) is 44.2 Å². The van der Waals surface area contributed by atoms with Crippen LogP contribution in [0, 0.1) is 5.92 Å². The summed E-state index contributed by atoms with van der Waals surface area (Å²) in [6, 6.07) is 14.3. The molecule has 4 N–H and O–H groups in total. The van der Waals surface area contributed by atoms with Gasteiger partial charge < -0.3 is 30.9 Å². The predicted molar refractivity (Wildman–Crippen MR) is 158 cm³/mol. The van der Waals surface area contributed by atoms with Gasteiger partial charge in [-0.2, -0.15) is 0 Å². The van der Waals surface area contributed by atoms with Crippen LogP contribution in [0.15, 0.2) is 60.7 Å². The minimum atomic E-state index is -1.19. The molecule has 0 spiro atoms. The maximum atomic E-state index is 13.3. The monoisotopic (exact) mass is 593 g/mol. The van der Waals surface area contributed by atoms with E-state index >= 15 is 0 Å². The number of ether oxygens (including phenoxy) is 1. The molecule has 5 amide bonds. The summed E-state index contributed by atoms with van der Waals surface area (Å²) >= 11 is 0. The Labute approximate surface area is 250 Å². The third-order valence-electron chi connectivity index (χ3n) is 6.93. The van der Waals surface area contributed by atoms with Crippen molar-refractivity contribution in [2.75, 3.05) is 32.8 Å². The number of carbonyl (C=O) groups excluding carboxylic acids is 6. The second-order valence-corrected chi connectivity index (χ2v) is 10.6. The molecule has 2 aromatic carbocycles. The molecule has 0 bridgehead atoms. The molecule has 1 saturated heterocycles. The molecule has 0 aliphatic carbocycles. The summed E-state index contributed by atoms with van der Waals surface area (Å²) in [5.41, 5.74) is 1.18. The number of carbonyl (C=O) groups is 6. The van der Waals surface area contributed by atoms with Gasteiger partial charge in [0.25, 0.3) is 11.8 Å². The molecular formula is C31H39N5O7. The van der Waals surface area contributed by atoms with E-state index in [9.17, 15) is 28.8 Å². The summed E-state index contributed by atoms with van der Waals surface area (Å²) in [6.45, 7) is 6.02. The van der Waals surface area contributed by atoms with Gasteiger partial charge in [0, 0.05) is 25.1 Å². The van der Waals surface area contributed by atoms with Crippen LogP contribution in [0.5, 0.6) is 0 Å². The fourth-order valence-corrected chi connectivity index (χ4v) is 4.39. The van der Waals surface area contributed by atoms with Crippen molar-refractivity contribution in [3.05, 3.63) is 71.8 Å². The van der Waals surface area contributed by atoms with Crippen molar-refractivity contribution in [2.24, 2.45) is 5.92 Å². The highest BCUT2D eigenvalue weighted by Crippen LogP contribution is 2.08. The second kappa shape index (κ2) is 16.2. The zero-order valence-electron chi connectivity index (χ0n) is 24.6. The molecule has 3 rings (SSSR count). The number of benzene rings is 2. The molecular weight excluding hydrogens is 554 g/mol. The van der Waals surface area contributed by atoms with E-state index in [2.05, 4.69) is 21.3 Å². The summed E-state index contributed by atoms with van der Waals surface area (Å²) in [5.74, 6) is -4.44.